The van der Waals surface area contributed by atoms with E-state index in [1.54, 1.807) is 6.92 Å². The fourth-order valence-corrected chi connectivity index (χ4v) is 1.69. The monoisotopic (exact) mass is 339 g/mol. The molecule has 0 saturated carbocycles. The average molecular weight is 339 g/mol. The van der Waals surface area contributed by atoms with Crippen LogP contribution in [-0.2, 0) is 0 Å². The number of H-pyrrole nitrogens is 2. The largest absolute Gasteiger partial charge is 0.323 e. The second-order valence-corrected chi connectivity index (χ2v) is 4.74. The summed E-state index contributed by atoms with van der Waals surface area (Å²) in [6.45, 7) is 4.39. The Morgan fingerprint density at radius 1 is 1.00 bits per heavy atom. The van der Waals surface area contributed by atoms with Gasteiger partial charge in [0.2, 0.25) is 0 Å². The number of anilines is 2. The highest BCUT2D eigenvalue weighted by molar-refractivity contribution is 5.90. The fraction of sp³-hybridized carbons (Fsp3) is 0.556. The zero-order valence-electron chi connectivity index (χ0n) is 12.9. The molecule has 0 aliphatic heterocycles. The molecule has 7 N–H and O–H groups in total. The van der Waals surface area contributed by atoms with Crippen LogP contribution < -0.4 is 26.6 Å². The maximum absolute atomic E-state index is 12.0. The van der Waals surface area contributed by atoms with Crippen molar-refractivity contribution < 1.29 is 9.59 Å². The Hall–Kier alpha value is -3.36. The van der Waals surface area contributed by atoms with Gasteiger partial charge in [0.25, 0.3) is 11.9 Å². The molecule has 130 valence electrons. The molecule has 2 rings (SSSR count). The molecule has 0 radical (unpaired) electrons. The predicted molar refractivity (Wildman–Crippen MR) is 79.6 cm³/mol. The molecule has 0 fully saturated rings. The lowest BCUT2D eigenvalue weighted by atomic mass is 10.2. The van der Waals surface area contributed by atoms with Crippen LogP contribution in [0.1, 0.15) is 13.8 Å². The number of urea groups is 2. The standard InChI is InChI=1S/C9H17N13O2/c1-3-10-4-9(2,13-7(23)11-5-15-19-20-16-5)14-8(24)12-6-17-21-22-18-6/h10H,3-4H2,1-2H3,(H3,11,13,15,16,19,20,23)(H3,12,14,17,18,21,22,24). The molecule has 0 aliphatic carbocycles. The summed E-state index contributed by atoms with van der Waals surface area (Å²) in [4.78, 5) is 24.0. The van der Waals surface area contributed by atoms with Crippen molar-refractivity contribution in [2.75, 3.05) is 23.7 Å². The molecule has 0 aliphatic rings. The summed E-state index contributed by atoms with van der Waals surface area (Å²) in [5.41, 5.74) is -1.13. The van der Waals surface area contributed by atoms with Crippen molar-refractivity contribution in [1.82, 2.24) is 57.2 Å². The number of hydrogen-bond donors (Lipinski definition) is 7. The minimum absolute atomic E-state index is 0.00505. The first-order valence-corrected chi connectivity index (χ1v) is 6.86. The van der Waals surface area contributed by atoms with Crippen molar-refractivity contribution in [2.24, 2.45) is 0 Å². The zero-order chi connectivity index (χ0) is 17.4. The van der Waals surface area contributed by atoms with E-state index in [0.717, 1.165) is 0 Å². The van der Waals surface area contributed by atoms with Gasteiger partial charge in [-0.25, -0.2) is 9.59 Å². The Kier molecular flexibility index (Phi) is 5.50. The molecule has 0 saturated heterocycles. The van der Waals surface area contributed by atoms with Crippen LogP contribution >= 0.6 is 0 Å². The quantitative estimate of drug-likeness (QED) is 0.278. The Balaban J connectivity index is 1.95. The highest BCUT2D eigenvalue weighted by atomic mass is 16.2. The van der Waals surface area contributed by atoms with E-state index in [4.69, 9.17) is 0 Å². The van der Waals surface area contributed by atoms with Crippen molar-refractivity contribution in [3.05, 3.63) is 0 Å². The molecule has 0 atom stereocenters. The molecular weight excluding hydrogens is 322 g/mol. The molecule has 2 aromatic rings. The number of rotatable bonds is 7. The Morgan fingerprint density at radius 3 is 1.88 bits per heavy atom. The van der Waals surface area contributed by atoms with Crippen LogP contribution in [0, 0.1) is 0 Å². The summed E-state index contributed by atoms with van der Waals surface area (Å²) in [6, 6.07) is -1.26. The lowest BCUT2D eigenvalue weighted by molar-refractivity contribution is 0.217. The number of tetrazole rings is 2. The minimum Gasteiger partial charge on any atom is -0.314 e. The van der Waals surface area contributed by atoms with Gasteiger partial charge in [0.15, 0.2) is 0 Å². The molecule has 2 heterocycles. The van der Waals surface area contributed by atoms with E-state index < -0.39 is 17.7 Å². The molecule has 0 unspecified atom stereocenters. The van der Waals surface area contributed by atoms with Crippen molar-refractivity contribution in [1.29, 1.82) is 0 Å². The van der Waals surface area contributed by atoms with E-state index in [1.165, 1.54) is 0 Å². The van der Waals surface area contributed by atoms with Crippen LogP contribution in [-0.4, -0.2) is 72.1 Å². The average Bonchev–Trinajstić information content (AvgIpc) is 3.18. The van der Waals surface area contributed by atoms with Gasteiger partial charge in [-0.2, -0.15) is 10.4 Å². The van der Waals surface area contributed by atoms with Crippen LogP contribution in [0.4, 0.5) is 21.5 Å². The van der Waals surface area contributed by atoms with Gasteiger partial charge in [0.05, 0.1) is 0 Å². The molecule has 4 amide bonds. The van der Waals surface area contributed by atoms with Gasteiger partial charge in [-0.15, -0.1) is 10.2 Å². The smallest absolute Gasteiger partial charge is 0.314 e. The maximum Gasteiger partial charge on any atom is 0.323 e. The van der Waals surface area contributed by atoms with E-state index in [-0.39, 0.29) is 18.4 Å². The first kappa shape index (κ1) is 17.0. The fourth-order valence-electron chi connectivity index (χ4n) is 1.69. The van der Waals surface area contributed by atoms with Crippen molar-refractivity contribution in [2.45, 2.75) is 19.5 Å². The van der Waals surface area contributed by atoms with Crippen molar-refractivity contribution in [3.63, 3.8) is 0 Å². The van der Waals surface area contributed by atoms with Gasteiger partial charge in [-0.1, -0.05) is 17.1 Å². The predicted octanol–water partition coefficient (Wildman–Crippen LogP) is -2.02. The highest BCUT2D eigenvalue weighted by Crippen LogP contribution is 2.01. The van der Waals surface area contributed by atoms with Crippen LogP contribution in [0.3, 0.4) is 0 Å². The summed E-state index contributed by atoms with van der Waals surface area (Å²) in [5, 5.41) is 38.4. The topological polar surface area (TPSA) is 203 Å². The SMILES string of the molecule is CCNCC(C)(NC(=O)Nc1nn[nH]n1)NC(=O)Nc1nn[nH]n1. The molecule has 0 aromatic carbocycles. The van der Waals surface area contributed by atoms with Crippen LogP contribution in [0.25, 0.3) is 0 Å². The molecule has 15 nitrogen and oxygen atoms in total. The summed E-state index contributed by atoms with van der Waals surface area (Å²) in [7, 11) is 0. The summed E-state index contributed by atoms with van der Waals surface area (Å²) >= 11 is 0. The van der Waals surface area contributed by atoms with Gasteiger partial charge in [-0.3, -0.25) is 10.6 Å². The van der Waals surface area contributed by atoms with Gasteiger partial charge in [0, 0.05) is 6.54 Å². The van der Waals surface area contributed by atoms with Crippen LogP contribution in [0.2, 0.25) is 0 Å². The second-order valence-electron chi connectivity index (χ2n) is 4.74. The Labute approximate surface area is 135 Å². The second kappa shape index (κ2) is 7.77. The maximum atomic E-state index is 12.0. The number of likely N-dealkylation sites (N-methyl/N-ethyl adjacent to an activating group) is 1. The zero-order valence-corrected chi connectivity index (χ0v) is 12.9. The summed E-state index contributed by atoms with van der Waals surface area (Å²) in [6.07, 6.45) is 0. The number of carbonyl (C=O) groups excluding carboxylic acids is 2. The van der Waals surface area contributed by atoms with Gasteiger partial charge < -0.3 is 16.0 Å². The number of amides is 4. The van der Waals surface area contributed by atoms with Crippen LogP contribution in [0.5, 0.6) is 0 Å². The number of aromatic amines is 2. The van der Waals surface area contributed by atoms with Crippen LogP contribution in [0.15, 0.2) is 0 Å². The number of nitrogens with one attached hydrogen (secondary N) is 7. The van der Waals surface area contributed by atoms with E-state index in [2.05, 4.69) is 67.8 Å². The third-order valence-electron chi connectivity index (χ3n) is 2.65. The molecular formula is C9H17N13O2. The number of carbonyl (C=O) groups is 2. The molecule has 24 heavy (non-hydrogen) atoms. The molecule has 15 heteroatoms. The van der Waals surface area contributed by atoms with E-state index in [9.17, 15) is 9.59 Å². The molecule has 0 bridgehead atoms. The van der Waals surface area contributed by atoms with Gasteiger partial charge in [-0.05, 0) is 23.9 Å². The number of aromatic nitrogens is 8. The van der Waals surface area contributed by atoms with Crippen molar-refractivity contribution in [3.8, 4) is 0 Å². The third-order valence-corrected chi connectivity index (χ3v) is 2.65. The first-order chi connectivity index (χ1) is 11.5. The summed E-state index contributed by atoms with van der Waals surface area (Å²) < 4.78 is 0. The van der Waals surface area contributed by atoms with Gasteiger partial charge >= 0.3 is 12.1 Å². The Morgan fingerprint density at radius 2 is 1.50 bits per heavy atom. The number of hydrogen-bond acceptors (Lipinski definition) is 9. The van der Waals surface area contributed by atoms with Gasteiger partial charge in [0.1, 0.15) is 5.66 Å². The van der Waals surface area contributed by atoms with E-state index in [1.807, 2.05) is 6.92 Å². The minimum atomic E-state index is -1.13. The number of nitrogens with zero attached hydrogens (tertiary/aromatic N) is 6. The van der Waals surface area contributed by atoms with Crippen molar-refractivity contribution >= 4 is 24.0 Å². The molecule has 0 spiro atoms. The molecule has 2 aromatic heterocycles. The first-order valence-electron chi connectivity index (χ1n) is 6.86. The normalized spacial score (nSPS) is 10.9. The van der Waals surface area contributed by atoms with E-state index >= 15 is 0 Å². The Bertz CT molecular complexity index is 588. The van der Waals surface area contributed by atoms with E-state index in [0.29, 0.717) is 6.54 Å². The third kappa shape index (κ3) is 5.13. The lowest BCUT2D eigenvalue weighted by Crippen LogP contribution is -2.64. The lowest BCUT2D eigenvalue weighted by Gasteiger charge is -2.31. The summed E-state index contributed by atoms with van der Waals surface area (Å²) in [5.74, 6) is -0.0101. The highest BCUT2D eigenvalue weighted by Gasteiger charge is 2.28.